The average Bonchev–Trinajstić information content (AvgIpc) is 2.04. The van der Waals surface area contributed by atoms with Crippen molar-refractivity contribution in [3.05, 3.63) is 34.9 Å². The Hall–Kier alpha value is -0.570. The van der Waals surface area contributed by atoms with Gasteiger partial charge in [-0.1, -0.05) is 23.8 Å². The maximum Gasteiger partial charge on any atom is 0.0449 e. The van der Waals surface area contributed by atoms with E-state index in [-0.39, 0.29) is 25.1 Å². The summed E-state index contributed by atoms with van der Waals surface area (Å²) in [6, 6.07) is 6.18. The minimum absolute atomic E-state index is 0. The molecule has 0 aliphatic rings. The molecule has 1 atom stereocenters. The lowest BCUT2D eigenvalue weighted by molar-refractivity contribution is 0.276. The molecule has 14 heavy (non-hydrogen) atoms. The molecule has 0 radical (unpaired) electrons. The molecular weight excluding hydrogens is 198 g/mol. The summed E-state index contributed by atoms with van der Waals surface area (Å²) >= 11 is 0. The highest BCUT2D eigenvalue weighted by molar-refractivity contribution is 5.85. The first-order valence-electron chi connectivity index (χ1n) is 4.58. The monoisotopic (exact) mass is 215 g/mol. The van der Waals surface area contributed by atoms with Crippen LogP contribution in [-0.4, -0.2) is 11.7 Å². The SMILES string of the molecule is Cc1ccc([C@@H](N)CCO)c(C)c1.Cl. The fourth-order valence-corrected chi connectivity index (χ4v) is 1.54. The number of aliphatic hydroxyl groups is 1. The predicted molar refractivity (Wildman–Crippen MR) is 61.8 cm³/mol. The van der Waals surface area contributed by atoms with Crippen LogP contribution in [0.25, 0.3) is 0 Å². The van der Waals surface area contributed by atoms with E-state index in [0.717, 1.165) is 5.56 Å². The highest BCUT2D eigenvalue weighted by Crippen LogP contribution is 2.18. The van der Waals surface area contributed by atoms with Crippen molar-refractivity contribution in [3.63, 3.8) is 0 Å². The van der Waals surface area contributed by atoms with Crippen molar-refractivity contribution in [2.45, 2.75) is 26.3 Å². The minimum atomic E-state index is -0.0365. The Balaban J connectivity index is 0.00000169. The van der Waals surface area contributed by atoms with Crippen LogP contribution in [0.5, 0.6) is 0 Å². The van der Waals surface area contributed by atoms with E-state index in [2.05, 4.69) is 26.0 Å². The highest BCUT2D eigenvalue weighted by Gasteiger charge is 2.07. The molecule has 1 aromatic rings. The van der Waals surface area contributed by atoms with E-state index in [1.807, 2.05) is 6.07 Å². The molecule has 3 heteroatoms. The molecule has 1 aromatic carbocycles. The Labute approximate surface area is 91.5 Å². The zero-order chi connectivity index (χ0) is 9.84. The number of aryl methyl sites for hydroxylation is 2. The van der Waals surface area contributed by atoms with Gasteiger partial charge >= 0.3 is 0 Å². The van der Waals surface area contributed by atoms with E-state index in [9.17, 15) is 0 Å². The van der Waals surface area contributed by atoms with Crippen LogP contribution in [0, 0.1) is 13.8 Å². The Kier molecular flexibility index (Phi) is 5.77. The summed E-state index contributed by atoms with van der Waals surface area (Å²) in [7, 11) is 0. The second-order valence-electron chi connectivity index (χ2n) is 3.48. The first-order valence-corrected chi connectivity index (χ1v) is 4.58. The summed E-state index contributed by atoms with van der Waals surface area (Å²) in [5.74, 6) is 0. The van der Waals surface area contributed by atoms with Crippen LogP contribution in [0.1, 0.15) is 29.2 Å². The van der Waals surface area contributed by atoms with Crippen LogP contribution in [0.15, 0.2) is 18.2 Å². The number of halogens is 1. The Morgan fingerprint density at radius 1 is 1.36 bits per heavy atom. The molecule has 0 aromatic heterocycles. The predicted octanol–water partition coefficient (Wildman–Crippen LogP) is 2.11. The third-order valence-electron chi connectivity index (χ3n) is 2.26. The average molecular weight is 216 g/mol. The minimum Gasteiger partial charge on any atom is -0.396 e. The van der Waals surface area contributed by atoms with Crippen molar-refractivity contribution >= 4 is 12.4 Å². The van der Waals surface area contributed by atoms with Gasteiger partial charge in [-0.25, -0.2) is 0 Å². The number of rotatable bonds is 3. The fourth-order valence-electron chi connectivity index (χ4n) is 1.54. The molecule has 3 N–H and O–H groups in total. The van der Waals surface area contributed by atoms with E-state index in [1.54, 1.807) is 0 Å². The molecule has 1 rings (SSSR count). The van der Waals surface area contributed by atoms with Crippen molar-refractivity contribution in [1.82, 2.24) is 0 Å². The third-order valence-corrected chi connectivity index (χ3v) is 2.26. The molecule has 0 amide bonds. The number of hydrogen-bond donors (Lipinski definition) is 2. The Morgan fingerprint density at radius 3 is 2.50 bits per heavy atom. The third kappa shape index (κ3) is 3.29. The molecule has 0 heterocycles. The summed E-state index contributed by atoms with van der Waals surface area (Å²) in [4.78, 5) is 0. The molecule has 0 bridgehead atoms. The topological polar surface area (TPSA) is 46.2 Å². The lowest BCUT2D eigenvalue weighted by Crippen LogP contribution is -2.13. The summed E-state index contributed by atoms with van der Waals surface area (Å²) < 4.78 is 0. The van der Waals surface area contributed by atoms with Crippen molar-refractivity contribution in [2.24, 2.45) is 5.73 Å². The largest absolute Gasteiger partial charge is 0.396 e. The molecular formula is C11H18ClNO. The normalized spacial score (nSPS) is 12.0. The number of hydrogen-bond acceptors (Lipinski definition) is 2. The zero-order valence-electron chi connectivity index (χ0n) is 8.66. The molecule has 0 unspecified atom stereocenters. The van der Waals surface area contributed by atoms with Crippen LogP contribution in [0.4, 0.5) is 0 Å². The standard InChI is InChI=1S/C11H17NO.ClH/c1-8-3-4-10(9(2)7-8)11(12)5-6-13;/h3-4,7,11,13H,5-6,12H2,1-2H3;1H/t11-;/m0./s1. The van der Waals surface area contributed by atoms with Gasteiger partial charge in [0.2, 0.25) is 0 Å². The Morgan fingerprint density at radius 2 is 2.00 bits per heavy atom. The van der Waals surface area contributed by atoms with Gasteiger partial charge in [0.05, 0.1) is 0 Å². The lowest BCUT2D eigenvalue weighted by atomic mass is 9.98. The molecule has 0 fully saturated rings. The first-order chi connectivity index (χ1) is 6.15. The second-order valence-corrected chi connectivity index (χ2v) is 3.48. The zero-order valence-corrected chi connectivity index (χ0v) is 9.47. The maximum absolute atomic E-state index is 8.76. The number of benzene rings is 1. The van der Waals surface area contributed by atoms with Gasteiger partial charge in [-0.2, -0.15) is 0 Å². The van der Waals surface area contributed by atoms with Gasteiger partial charge in [0.25, 0.3) is 0 Å². The van der Waals surface area contributed by atoms with E-state index in [1.165, 1.54) is 11.1 Å². The van der Waals surface area contributed by atoms with E-state index >= 15 is 0 Å². The van der Waals surface area contributed by atoms with Crippen molar-refractivity contribution in [1.29, 1.82) is 0 Å². The van der Waals surface area contributed by atoms with Crippen molar-refractivity contribution in [2.75, 3.05) is 6.61 Å². The summed E-state index contributed by atoms with van der Waals surface area (Å²) in [6.45, 7) is 4.27. The van der Waals surface area contributed by atoms with Crippen LogP contribution < -0.4 is 5.73 Å². The van der Waals surface area contributed by atoms with Crippen molar-refractivity contribution in [3.8, 4) is 0 Å². The first kappa shape index (κ1) is 13.4. The number of nitrogens with two attached hydrogens (primary N) is 1. The molecule has 0 saturated carbocycles. The van der Waals surface area contributed by atoms with Gasteiger partial charge in [-0.3, -0.25) is 0 Å². The highest BCUT2D eigenvalue weighted by atomic mass is 35.5. The van der Waals surface area contributed by atoms with Gasteiger partial charge < -0.3 is 10.8 Å². The van der Waals surface area contributed by atoms with E-state index < -0.39 is 0 Å². The second kappa shape index (κ2) is 6.02. The van der Waals surface area contributed by atoms with Gasteiger partial charge in [0, 0.05) is 12.6 Å². The summed E-state index contributed by atoms with van der Waals surface area (Å²) in [5, 5.41) is 8.76. The lowest BCUT2D eigenvalue weighted by Gasteiger charge is -2.13. The quantitative estimate of drug-likeness (QED) is 0.812. The summed E-state index contributed by atoms with van der Waals surface area (Å²) in [5.41, 5.74) is 9.49. The van der Waals surface area contributed by atoms with Gasteiger partial charge in [-0.05, 0) is 31.4 Å². The van der Waals surface area contributed by atoms with Gasteiger partial charge in [-0.15, -0.1) is 12.4 Å². The molecule has 0 aliphatic heterocycles. The van der Waals surface area contributed by atoms with Gasteiger partial charge in [0.1, 0.15) is 0 Å². The van der Waals surface area contributed by atoms with Crippen LogP contribution in [0.3, 0.4) is 0 Å². The van der Waals surface area contributed by atoms with Crippen LogP contribution >= 0.6 is 12.4 Å². The molecule has 0 spiro atoms. The molecule has 2 nitrogen and oxygen atoms in total. The molecule has 80 valence electrons. The smallest absolute Gasteiger partial charge is 0.0449 e. The summed E-state index contributed by atoms with van der Waals surface area (Å²) in [6.07, 6.45) is 0.629. The maximum atomic E-state index is 8.76. The molecule has 0 aliphatic carbocycles. The van der Waals surface area contributed by atoms with Crippen LogP contribution in [0.2, 0.25) is 0 Å². The Bertz CT molecular complexity index is 289. The van der Waals surface area contributed by atoms with E-state index in [0.29, 0.717) is 6.42 Å². The molecule has 0 saturated heterocycles. The van der Waals surface area contributed by atoms with Crippen molar-refractivity contribution < 1.29 is 5.11 Å². The van der Waals surface area contributed by atoms with E-state index in [4.69, 9.17) is 10.8 Å². The number of aliphatic hydroxyl groups excluding tert-OH is 1. The van der Waals surface area contributed by atoms with Gasteiger partial charge in [0.15, 0.2) is 0 Å². The van der Waals surface area contributed by atoms with Crippen LogP contribution in [-0.2, 0) is 0 Å². The fraction of sp³-hybridized carbons (Fsp3) is 0.455.